The number of halogens is 1. The number of benzene rings is 2. The van der Waals surface area contributed by atoms with Crippen molar-refractivity contribution in [1.82, 2.24) is 19.9 Å². The number of thioether (sulfide) groups is 1. The molecule has 1 amide bonds. The van der Waals surface area contributed by atoms with Crippen LogP contribution in [0.25, 0.3) is 16.9 Å². The van der Waals surface area contributed by atoms with Crippen molar-refractivity contribution in [3.05, 3.63) is 71.2 Å². The topological polar surface area (TPSA) is 85.8 Å². The van der Waals surface area contributed by atoms with E-state index in [0.717, 1.165) is 33.7 Å². The third kappa shape index (κ3) is 4.55. The highest BCUT2D eigenvalue weighted by Crippen LogP contribution is 2.28. The Balaban J connectivity index is 1.52. The molecule has 0 radical (unpaired) electrons. The van der Waals surface area contributed by atoms with E-state index < -0.39 is 0 Å². The normalized spacial score (nSPS) is 10.9. The summed E-state index contributed by atoms with van der Waals surface area (Å²) in [6.07, 6.45) is 0. The molecule has 1 N–H and O–H groups in total. The predicted octanol–water partition coefficient (Wildman–Crippen LogP) is 5.13. The Labute approximate surface area is 182 Å². The van der Waals surface area contributed by atoms with E-state index in [4.69, 9.17) is 16.1 Å². The highest BCUT2D eigenvalue weighted by Gasteiger charge is 2.14. The average Bonchev–Trinajstić information content (AvgIpc) is 3.33. The molecule has 0 saturated carbocycles. The van der Waals surface area contributed by atoms with Gasteiger partial charge < -0.3 is 9.84 Å². The lowest BCUT2D eigenvalue weighted by Crippen LogP contribution is -2.07. The zero-order valence-corrected chi connectivity index (χ0v) is 17.9. The van der Waals surface area contributed by atoms with Gasteiger partial charge in [0.2, 0.25) is 5.91 Å². The van der Waals surface area contributed by atoms with Gasteiger partial charge in [0, 0.05) is 29.3 Å². The van der Waals surface area contributed by atoms with Gasteiger partial charge in [-0.25, -0.2) is 0 Å². The van der Waals surface area contributed by atoms with Crippen LogP contribution in [0.2, 0.25) is 5.02 Å². The lowest BCUT2D eigenvalue weighted by atomic mass is 10.1. The van der Waals surface area contributed by atoms with Crippen LogP contribution >= 0.6 is 23.4 Å². The summed E-state index contributed by atoms with van der Waals surface area (Å²) in [7, 11) is 0. The van der Waals surface area contributed by atoms with Gasteiger partial charge in [-0.1, -0.05) is 46.7 Å². The van der Waals surface area contributed by atoms with E-state index >= 15 is 0 Å². The Morgan fingerprint density at radius 1 is 1.17 bits per heavy atom. The van der Waals surface area contributed by atoms with Crippen molar-refractivity contribution < 1.29 is 9.32 Å². The second kappa shape index (κ2) is 8.73. The summed E-state index contributed by atoms with van der Waals surface area (Å²) in [4.78, 5) is 11.4. The molecule has 7 nitrogen and oxygen atoms in total. The number of nitrogens with zero attached hydrogens (tertiary/aromatic N) is 4. The summed E-state index contributed by atoms with van der Waals surface area (Å²) >= 11 is 7.43. The van der Waals surface area contributed by atoms with Crippen LogP contribution in [0.15, 0.2) is 64.3 Å². The molecular weight excluding hydrogens is 422 g/mol. The van der Waals surface area contributed by atoms with Gasteiger partial charge in [-0.3, -0.25) is 9.36 Å². The Bertz CT molecular complexity index is 1190. The molecule has 0 atom stereocenters. The van der Waals surface area contributed by atoms with Gasteiger partial charge in [-0.15, -0.1) is 10.2 Å². The summed E-state index contributed by atoms with van der Waals surface area (Å²) in [5, 5.41) is 16.8. The van der Waals surface area contributed by atoms with Gasteiger partial charge in [-0.05, 0) is 37.3 Å². The van der Waals surface area contributed by atoms with Gasteiger partial charge in [0.15, 0.2) is 5.16 Å². The van der Waals surface area contributed by atoms with E-state index in [1.165, 1.54) is 18.7 Å². The molecule has 4 rings (SSSR count). The Hall–Kier alpha value is -3.10. The van der Waals surface area contributed by atoms with Crippen LogP contribution in [0.1, 0.15) is 18.5 Å². The molecular formula is C21H18ClN5O2S. The monoisotopic (exact) mass is 439 g/mol. The fraction of sp³-hybridized carbons (Fsp3) is 0.143. The standard InChI is InChI=1S/C21H18ClN5O2S/c1-13-24-25-21(27(13)18-5-3-4-17(10-18)23-14(2)28)30-12-19-11-20(26-29-19)15-6-8-16(22)9-7-15/h3-11H,12H2,1-2H3,(H,23,28). The molecule has 0 aliphatic heterocycles. The Kier molecular flexibility index (Phi) is 5.87. The maximum absolute atomic E-state index is 11.4. The minimum absolute atomic E-state index is 0.121. The summed E-state index contributed by atoms with van der Waals surface area (Å²) in [5.74, 6) is 1.90. The number of hydrogen-bond acceptors (Lipinski definition) is 6. The van der Waals surface area contributed by atoms with Gasteiger partial charge in [0.25, 0.3) is 0 Å². The fourth-order valence-corrected chi connectivity index (χ4v) is 3.93. The molecule has 0 bridgehead atoms. The van der Waals surface area contributed by atoms with Crippen LogP contribution in [-0.4, -0.2) is 25.8 Å². The highest BCUT2D eigenvalue weighted by atomic mass is 35.5. The number of anilines is 1. The summed E-state index contributed by atoms with van der Waals surface area (Å²) in [6.45, 7) is 3.36. The number of aromatic nitrogens is 4. The van der Waals surface area contributed by atoms with Crippen LogP contribution < -0.4 is 5.32 Å². The number of carbonyl (C=O) groups excluding carboxylic acids is 1. The predicted molar refractivity (Wildman–Crippen MR) is 117 cm³/mol. The van der Waals surface area contributed by atoms with Crippen molar-refractivity contribution >= 4 is 35.0 Å². The third-order valence-corrected chi connectivity index (χ3v) is 5.47. The van der Waals surface area contributed by atoms with Crippen LogP contribution in [0.4, 0.5) is 5.69 Å². The molecule has 0 spiro atoms. The molecule has 2 heterocycles. The van der Waals surface area contributed by atoms with Gasteiger partial charge >= 0.3 is 0 Å². The number of rotatable bonds is 6. The molecule has 30 heavy (non-hydrogen) atoms. The van der Waals surface area contributed by atoms with Gasteiger partial charge in [0.1, 0.15) is 17.3 Å². The molecule has 2 aromatic heterocycles. The fourth-order valence-electron chi connectivity index (χ4n) is 2.93. The van der Waals surface area contributed by atoms with Crippen molar-refractivity contribution in [1.29, 1.82) is 0 Å². The molecule has 0 aliphatic rings. The number of nitrogens with one attached hydrogen (secondary N) is 1. The van der Waals surface area contributed by atoms with E-state index in [9.17, 15) is 4.79 Å². The maximum atomic E-state index is 11.4. The maximum Gasteiger partial charge on any atom is 0.221 e. The minimum atomic E-state index is -0.121. The molecule has 0 unspecified atom stereocenters. The van der Waals surface area contributed by atoms with Crippen molar-refractivity contribution in [2.24, 2.45) is 0 Å². The minimum Gasteiger partial charge on any atom is -0.360 e. The quantitative estimate of drug-likeness (QED) is 0.419. The number of carbonyl (C=O) groups is 1. The zero-order chi connectivity index (χ0) is 21.1. The first kappa shape index (κ1) is 20.2. The molecule has 9 heteroatoms. The smallest absolute Gasteiger partial charge is 0.221 e. The molecule has 0 fully saturated rings. The second-order valence-corrected chi connectivity index (χ2v) is 7.95. The second-order valence-electron chi connectivity index (χ2n) is 6.57. The van der Waals surface area contributed by atoms with Crippen LogP contribution in [0.3, 0.4) is 0 Å². The lowest BCUT2D eigenvalue weighted by molar-refractivity contribution is -0.114. The largest absolute Gasteiger partial charge is 0.360 e. The first-order chi connectivity index (χ1) is 14.5. The van der Waals surface area contributed by atoms with Crippen molar-refractivity contribution in [2.75, 3.05) is 5.32 Å². The van der Waals surface area contributed by atoms with E-state index in [2.05, 4.69) is 20.7 Å². The Morgan fingerprint density at radius 2 is 1.97 bits per heavy atom. The van der Waals surface area contributed by atoms with E-state index in [1.807, 2.05) is 66.1 Å². The number of amides is 1. The molecule has 0 aliphatic carbocycles. The number of hydrogen-bond donors (Lipinski definition) is 1. The van der Waals surface area contributed by atoms with Crippen LogP contribution in [0, 0.1) is 6.92 Å². The lowest BCUT2D eigenvalue weighted by Gasteiger charge is -2.10. The van der Waals surface area contributed by atoms with Gasteiger partial charge in [-0.2, -0.15) is 0 Å². The first-order valence-electron chi connectivity index (χ1n) is 9.14. The van der Waals surface area contributed by atoms with Crippen molar-refractivity contribution in [2.45, 2.75) is 24.8 Å². The molecule has 2 aromatic carbocycles. The average molecular weight is 440 g/mol. The van der Waals surface area contributed by atoms with E-state index in [-0.39, 0.29) is 5.91 Å². The first-order valence-corrected chi connectivity index (χ1v) is 10.5. The van der Waals surface area contributed by atoms with E-state index in [1.54, 1.807) is 0 Å². The van der Waals surface area contributed by atoms with Crippen molar-refractivity contribution in [3.63, 3.8) is 0 Å². The van der Waals surface area contributed by atoms with E-state index in [0.29, 0.717) is 16.5 Å². The van der Waals surface area contributed by atoms with Crippen molar-refractivity contribution in [3.8, 4) is 16.9 Å². The summed E-state index contributed by atoms with van der Waals surface area (Å²) in [5.41, 5.74) is 3.27. The number of aryl methyl sites for hydroxylation is 1. The molecule has 4 aromatic rings. The van der Waals surface area contributed by atoms with Crippen LogP contribution in [-0.2, 0) is 10.5 Å². The molecule has 152 valence electrons. The summed E-state index contributed by atoms with van der Waals surface area (Å²) in [6, 6.07) is 16.9. The molecule has 0 saturated heterocycles. The highest BCUT2D eigenvalue weighted by molar-refractivity contribution is 7.98. The third-order valence-electron chi connectivity index (χ3n) is 4.26. The Morgan fingerprint density at radius 3 is 2.73 bits per heavy atom. The van der Waals surface area contributed by atoms with Gasteiger partial charge in [0.05, 0.1) is 11.4 Å². The van der Waals surface area contributed by atoms with Crippen LogP contribution in [0.5, 0.6) is 0 Å². The SMILES string of the molecule is CC(=O)Nc1cccc(-n2c(C)nnc2SCc2cc(-c3ccc(Cl)cc3)no2)c1. The summed E-state index contributed by atoms with van der Waals surface area (Å²) < 4.78 is 7.41. The zero-order valence-electron chi connectivity index (χ0n) is 16.3.